The summed E-state index contributed by atoms with van der Waals surface area (Å²) in [5, 5.41) is 8.95. The molecule has 2 aromatic rings. The summed E-state index contributed by atoms with van der Waals surface area (Å²) in [6, 6.07) is 15.2. The predicted octanol–water partition coefficient (Wildman–Crippen LogP) is 2.59. The van der Waals surface area contributed by atoms with Crippen LogP contribution in [0.25, 0.3) is 10.8 Å². The molecule has 1 unspecified atom stereocenters. The second-order valence-electron chi connectivity index (χ2n) is 5.71. The fraction of sp³-hybridized carbons (Fsp3) is 0.389. The lowest BCUT2D eigenvalue weighted by atomic mass is 10.1. The van der Waals surface area contributed by atoms with Crippen LogP contribution in [-0.2, 0) is 11.2 Å². The molecule has 0 aliphatic carbocycles. The third kappa shape index (κ3) is 4.24. The largest absolute Gasteiger partial charge is 0.356 e. The maximum Gasteiger partial charge on any atom is 0.221 e. The third-order valence-corrected chi connectivity index (χ3v) is 5.11. The highest BCUT2D eigenvalue weighted by atomic mass is 32.2. The molecule has 0 radical (unpaired) electrons. The van der Waals surface area contributed by atoms with Gasteiger partial charge in [-0.1, -0.05) is 42.5 Å². The van der Waals surface area contributed by atoms with Crippen LogP contribution >= 0.6 is 11.8 Å². The molecule has 3 rings (SSSR count). The molecule has 0 bridgehead atoms. The van der Waals surface area contributed by atoms with Gasteiger partial charge >= 0.3 is 0 Å². The minimum atomic E-state index is 0.154. The van der Waals surface area contributed by atoms with Crippen molar-refractivity contribution >= 4 is 28.4 Å². The Morgan fingerprint density at radius 1 is 1.23 bits per heavy atom. The van der Waals surface area contributed by atoms with Crippen molar-refractivity contribution in [3.8, 4) is 0 Å². The summed E-state index contributed by atoms with van der Waals surface area (Å²) >= 11 is 1.92. The Hall–Kier alpha value is -1.52. The van der Waals surface area contributed by atoms with Gasteiger partial charge in [-0.15, -0.1) is 0 Å². The summed E-state index contributed by atoms with van der Waals surface area (Å²) in [5.74, 6) is 2.35. The first-order chi connectivity index (χ1) is 10.8. The van der Waals surface area contributed by atoms with Crippen LogP contribution in [0.1, 0.15) is 12.0 Å². The van der Waals surface area contributed by atoms with Gasteiger partial charge < -0.3 is 10.6 Å². The molecule has 2 N–H and O–H groups in total. The molecule has 1 fully saturated rings. The molecule has 0 aromatic heterocycles. The zero-order chi connectivity index (χ0) is 15.2. The van der Waals surface area contributed by atoms with E-state index < -0.39 is 0 Å². The van der Waals surface area contributed by atoms with Gasteiger partial charge in [0.05, 0.1) is 0 Å². The van der Waals surface area contributed by atoms with Crippen molar-refractivity contribution in [3.63, 3.8) is 0 Å². The molecule has 116 valence electrons. The number of thioether (sulfide) groups is 1. The van der Waals surface area contributed by atoms with E-state index in [1.165, 1.54) is 16.3 Å². The lowest BCUT2D eigenvalue weighted by Crippen LogP contribution is -2.41. The molecular formula is C18H22N2OS. The van der Waals surface area contributed by atoms with Crippen LogP contribution in [0.5, 0.6) is 0 Å². The number of hydrogen-bond acceptors (Lipinski definition) is 3. The molecule has 0 saturated carbocycles. The van der Waals surface area contributed by atoms with Gasteiger partial charge in [-0.3, -0.25) is 4.79 Å². The molecule has 4 heteroatoms. The Kier molecular flexibility index (Phi) is 5.35. The molecule has 2 aromatic carbocycles. The molecule has 1 atom stereocenters. The Labute approximate surface area is 135 Å². The molecular weight excluding hydrogens is 292 g/mol. The van der Waals surface area contributed by atoms with Crippen molar-refractivity contribution in [2.45, 2.75) is 18.9 Å². The molecule has 1 amide bonds. The molecule has 1 aliphatic heterocycles. The summed E-state index contributed by atoms with van der Waals surface area (Å²) in [6.07, 6.45) is 1.47. The molecule has 1 heterocycles. The maximum absolute atomic E-state index is 12.0. The van der Waals surface area contributed by atoms with Crippen LogP contribution in [0.15, 0.2) is 42.5 Å². The van der Waals surface area contributed by atoms with E-state index in [2.05, 4.69) is 53.1 Å². The quantitative estimate of drug-likeness (QED) is 0.891. The fourth-order valence-corrected chi connectivity index (χ4v) is 3.74. The minimum absolute atomic E-state index is 0.154. The van der Waals surface area contributed by atoms with E-state index in [1.807, 2.05) is 11.8 Å². The summed E-state index contributed by atoms with van der Waals surface area (Å²) in [6.45, 7) is 1.72. The molecule has 1 aliphatic rings. The van der Waals surface area contributed by atoms with Gasteiger partial charge in [0.2, 0.25) is 5.91 Å². The Morgan fingerprint density at radius 3 is 2.91 bits per heavy atom. The van der Waals surface area contributed by atoms with Gasteiger partial charge in [-0.25, -0.2) is 0 Å². The number of hydrogen-bond donors (Lipinski definition) is 2. The number of amides is 1. The number of nitrogens with one attached hydrogen (secondary N) is 2. The number of fused-ring (bicyclic) bond motifs is 1. The second-order valence-corrected chi connectivity index (χ2v) is 6.86. The summed E-state index contributed by atoms with van der Waals surface area (Å²) in [7, 11) is 0. The Morgan fingerprint density at radius 2 is 2.09 bits per heavy atom. The van der Waals surface area contributed by atoms with Gasteiger partial charge in [-0.2, -0.15) is 11.8 Å². The first-order valence-corrected chi connectivity index (χ1v) is 9.02. The van der Waals surface area contributed by atoms with Gasteiger partial charge in [0.1, 0.15) is 0 Å². The lowest BCUT2D eigenvalue weighted by Gasteiger charge is -2.22. The first-order valence-electron chi connectivity index (χ1n) is 7.87. The highest BCUT2D eigenvalue weighted by Gasteiger charge is 2.16. The number of rotatable bonds is 5. The van der Waals surface area contributed by atoms with Crippen molar-refractivity contribution in [3.05, 3.63) is 48.0 Å². The van der Waals surface area contributed by atoms with Crippen LogP contribution in [0.4, 0.5) is 0 Å². The molecule has 1 saturated heterocycles. The molecule has 22 heavy (non-hydrogen) atoms. The van der Waals surface area contributed by atoms with Gasteiger partial charge in [-0.05, 0) is 22.8 Å². The van der Waals surface area contributed by atoms with Crippen LogP contribution in [0.3, 0.4) is 0 Å². The van der Waals surface area contributed by atoms with E-state index in [4.69, 9.17) is 0 Å². The Bertz CT molecular complexity index is 638. The van der Waals surface area contributed by atoms with Gasteiger partial charge in [0.25, 0.3) is 0 Å². The van der Waals surface area contributed by atoms with Crippen molar-refractivity contribution < 1.29 is 4.79 Å². The van der Waals surface area contributed by atoms with Crippen molar-refractivity contribution in [1.29, 1.82) is 0 Å². The molecule has 3 nitrogen and oxygen atoms in total. The van der Waals surface area contributed by atoms with E-state index in [0.717, 1.165) is 24.5 Å². The van der Waals surface area contributed by atoms with Gasteiger partial charge in [0, 0.05) is 37.1 Å². The van der Waals surface area contributed by atoms with E-state index in [9.17, 15) is 4.79 Å². The van der Waals surface area contributed by atoms with E-state index in [1.54, 1.807) is 0 Å². The predicted molar refractivity (Wildman–Crippen MR) is 94.4 cm³/mol. The van der Waals surface area contributed by atoms with Gasteiger partial charge in [0.15, 0.2) is 0 Å². The average Bonchev–Trinajstić information content (AvgIpc) is 2.55. The first kappa shape index (κ1) is 15.4. The number of carbonyl (C=O) groups excluding carboxylic acids is 1. The van der Waals surface area contributed by atoms with E-state index >= 15 is 0 Å². The third-order valence-electron chi connectivity index (χ3n) is 3.98. The highest BCUT2D eigenvalue weighted by Crippen LogP contribution is 2.15. The van der Waals surface area contributed by atoms with E-state index in [0.29, 0.717) is 19.0 Å². The standard InChI is InChI=1S/C18H22N2OS/c21-18(12-17-13-22-10-9-19-17)20-8-7-14-5-6-15-3-1-2-4-16(15)11-14/h1-6,11,17,19H,7-10,12-13H2,(H,20,21). The summed E-state index contributed by atoms with van der Waals surface area (Å²) < 4.78 is 0. The van der Waals surface area contributed by atoms with Crippen LogP contribution < -0.4 is 10.6 Å². The topological polar surface area (TPSA) is 41.1 Å². The fourth-order valence-electron chi connectivity index (χ4n) is 2.79. The Balaban J connectivity index is 1.46. The minimum Gasteiger partial charge on any atom is -0.356 e. The maximum atomic E-state index is 12.0. The molecule has 0 spiro atoms. The zero-order valence-electron chi connectivity index (χ0n) is 12.7. The van der Waals surface area contributed by atoms with Crippen LogP contribution in [0.2, 0.25) is 0 Å². The van der Waals surface area contributed by atoms with Crippen molar-refractivity contribution in [1.82, 2.24) is 10.6 Å². The van der Waals surface area contributed by atoms with Crippen LogP contribution in [0, 0.1) is 0 Å². The lowest BCUT2D eigenvalue weighted by molar-refractivity contribution is -0.121. The van der Waals surface area contributed by atoms with Crippen LogP contribution in [-0.4, -0.2) is 36.5 Å². The summed E-state index contributed by atoms with van der Waals surface area (Å²) in [4.78, 5) is 12.0. The smallest absolute Gasteiger partial charge is 0.221 e. The summed E-state index contributed by atoms with van der Waals surface area (Å²) in [5.41, 5.74) is 1.27. The normalized spacial score (nSPS) is 18.3. The SMILES string of the molecule is O=C(CC1CSCCN1)NCCc1ccc2ccccc2c1. The second kappa shape index (κ2) is 7.65. The number of carbonyl (C=O) groups is 1. The monoisotopic (exact) mass is 314 g/mol. The number of benzene rings is 2. The van der Waals surface area contributed by atoms with Crippen molar-refractivity contribution in [2.75, 3.05) is 24.6 Å². The van der Waals surface area contributed by atoms with E-state index in [-0.39, 0.29) is 5.91 Å². The van der Waals surface area contributed by atoms with Crippen molar-refractivity contribution in [2.24, 2.45) is 0 Å². The zero-order valence-corrected chi connectivity index (χ0v) is 13.5. The highest BCUT2D eigenvalue weighted by molar-refractivity contribution is 7.99. The average molecular weight is 314 g/mol.